The van der Waals surface area contributed by atoms with E-state index in [9.17, 15) is 0 Å². The molecule has 0 heterocycles. The van der Waals surface area contributed by atoms with Crippen molar-refractivity contribution in [1.29, 1.82) is 0 Å². The van der Waals surface area contributed by atoms with Crippen LogP contribution in [0.2, 0.25) is 0 Å². The number of para-hydroxylation sites is 1. The quantitative estimate of drug-likeness (QED) is 0.718. The molecule has 0 saturated carbocycles. The zero-order chi connectivity index (χ0) is 12.5. The van der Waals surface area contributed by atoms with Crippen LogP contribution in [0.25, 0.3) is 0 Å². The summed E-state index contributed by atoms with van der Waals surface area (Å²) in [7, 11) is 0. The molecule has 0 aliphatic heterocycles. The van der Waals surface area contributed by atoms with Crippen LogP contribution in [-0.4, -0.2) is 24.7 Å². The summed E-state index contributed by atoms with van der Waals surface area (Å²) in [4.78, 5) is 0. The fourth-order valence-corrected chi connectivity index (χ4v) is 1.90. The number of rotatable bonds is 8. The lowest BCUT2D eigenvalue weighted by atomic mass is 10.2. The Morgan fingerprint density at radius 3 is 2.76 bits per heavy atom. The number of hydrogen-bond acceptors (Lipinski definition) is 3. The van der Waals surface area contributed by atoms with Crippen LogP contribution in [-0.2, 0) is 6.54 Å². The fourth-order valence-electron chi connectivity index (χ4n) is 1.49. The molecule has 0 fully saturated rings. The molecule has 0 amide bonds. The average molecular weight is 253 g/mol. The van der Waals surface area contributed by atoms with Crippen LogP contribution in [0.3, 0.4) is 0 Å². The van der Waals surface area contributed by atoms with Crippen molar-refractivity contribution in [1.82, 2.24) is 5.32 Å². The third-order valence-electron chi connectivity index (χ3n) is 2.42. The topological polar surface area (TPSA) is 21.3 Å². The zero-order valence-electron chi connectivity index (χ0n) is 11.0. The largest absolute Gasteiger partial charge is 0.493 e. The molecule has 1 aromatic carbocycles. The van der Waals surface area contributed by atoms with Crippen LogP contribution in [0.15, 0.2) is 24.3 Å². The molecule has 0 aliphatic carbocycles. The first-order valence-electron chi connectivity index (χ1n) is 6.17. The molecule has 0 atom stereocenters. The predicted octanol–water partition coefficient (Wildman–Crippen LogP) is 3.32. The summed E-state index contributed by atoms with van der Waals surface area (Å²) in [6.45, 7) is 5.99. The first-order chi connectivity index (χ1) is 8.24. The van der Waals surface area contributed by atoms with Gasteiger partial charge in [-0.3, -0.25) is 0 Å². The third kappa shape index (κ3) is 5.99. The lowest BCUT2D eigenvalue weighted by molar-refractivity contribution is 0.314. The van der Waals surface area contributed by atoms with Crippen molar-refractivity contribution in [2.45, 2.75) is 32.9 Å². The Morgan fingerprint density at radius 2 is 2.06 bits per heavy atom. The van der Waals surface area contributed by atoms with Gasteiger partial charge >= 0.3 is 0 Å². The van der Waals surface area contributed by atoms with E-state index in [1.54, 1.807) is 0 Å². The summed E-state index contributed by atoms with van der Waals surface area (Å²) in [6.07, 6.45) is 3.23. The van der Waals surface area contributed by atoms with Crippen LogP contribution in [0.5, 0.6) is 5.75 Å². The molecule has 1 aromatic rings. The highest BCUT2D eigenvalue weighted by molar-refractivity contribution is 7.98. The molecular formula is C14H23NOS. The maximum Gasteiger partial charge on any atom is 0.123 e. The van der Waals surface area contributed by atoms with Crippen molar-refractivity contribution >= 4 is 11.8 Å². The number of nitrogens with one attached hydrogen (secondary N) is 1. The van der Waals surface area contributed by atoms with Gasteiger partial charge in [0.15, 0.2) is 0 Å². The van der Waals surface area contributed by atoms with Gasteiger partial charge in [-0.1, -0.05) is 32.0 Å². The SMILES string of the molecule is CSCCCOc1ccccc1CNC(C)C. The van der Waals surface area contributed by atoms with E-state index in [4.69, 9.17) is 4.74 Å². The Morgan fingerprint density at radius 1 is 1.29 bits per heavy atom. The van der Waals surface area contributed by atoms with Gasteiger partial charge in [-0.05, 0) is 24.5 Å². The van der Waals surface area contributed by atoms with Gasteiger partial charge in [0.2, 0.25) is 0 Å². The second-order valence-electron chi connectivity index (χ2n) is 4.34. The maximum absolute atomic E-state index is 5.82. The van der Waals surface area contributed by atoms with Gasteiger partial charge in [0.1, 0.15) is 5.75 Å². The first-order valence-corrected chi connectivity index (χ1v) is 7.56. The standard InChI is InChI=1S/C14H23NOS/c1-12(2)15-11-13-7-4-5-8-14(13)16-9-6-10-17-3/h4-5,7-8,12,15H,6,9-11H2,1-3H3. The van der Waals surface area contributed by atoms with Gasteiger partial charge in [0, 0.05) is 18.2 Å². The zero-order valence-corrected chi connectivity index (χ0v) is 11.8. The minimum absolute atomic E-state index is 0.500. The average Bonchev–Trinajstić information content (AvgIpc) is 2.33. The van der Waals surface area contributed by atoms with E-state index in [0.717, 1.165) is 31.1 Å². The van der Waals surface area contributed by atoms with E-state index in [2.05, 4.69) is 43.6 Å². The molecule has 0 bridgehead atoms. The Hall–Kier alpha value is -0.670. The summed E-state index contributed by atoms with van der Waals surface area (Å²) in [5.74, 6) is 2.17. The first kappa shape index (κ1) is 14.4. The molecule has 3 heteroatoms. The van der Waals surface area contributed by atoms with Crippen molar-refractivity contribution in [3.8, 4) is 5.75 Å². The molecule has 96 valence electrons. The smallest absolute Gasteiger partial charge is 0.123 e. The van der Waals surface area contributed by atoms with Crippen LogP contribution < -0.4 is 10.1 Å². The van der Waals surface area contributed by atoms with Crippen LogP contribution in [0.4, 0.5) is 0 Å². The van der Waals surface area contributed by atoms with E-state index < -0.39 is 0 Å². The Bertz CT molecular complexity index is 315. The molecule has 0 saturated heterocycles. The van der Waals surface area contributed by atoms with E-state index in [0.29, 0.717) is 6.04 Å². The van der Waals surface area contributed by atoms with Gasteiger partial charge in [0.25, 0.3) is 0 Å². The van der Waals surface area contributed by atoms with Gasteiger partial charge in [-0.25, -0.2) is 0 Å². The maximum atomic E-state index is 5.82. The molecule has 0 radical (unpaired) electrons. The monoisotopic (exact) mass is 253 g/mol. The lowest BCUT2D eigenvalue weighted by Gasteiger charge is -2.13. The molecule has 1 N–H and O–H groups in total. The molecule has 0 unspecified atom stereocenters. The van der Waals surface area contributed by atoms with Crippen molar-refractivity contribution in [2.75, 3.05) is 18.6 Å². The highest BCUT2D eigenvalue weighted by atomic mass is 32.2. The lowest BCUT2D eigenvalue weighted by Crippen LogP contribution is -2.22. The Labute approximate surface area is 109 Å². The molecule has 17 heavy (non-hydrogen) atoms. The molecular weight excluding hydrogens is 230 g/mol. The van der Waals surface area contributed by atoms with Crippen LogP contribution in [0.1, 0.15) is 25.8 Å². The normalized spacial score (nSPS) is 10.8. The summed E-state index contributed by atoms with van der Waals surface area (Å²) < 4.78 is 5.82. The van der Waals surface area contributed by atoms with Crippen LogP contribution >= 0.6 is 11.8 Å². The van der Waals surface area contributed by atoms with Crippen molar-refractivity contribution in [3.05, 3.63) is 29.8 Å². The molecule has 1 rings (SSSR count). The predicted molar refractivity (Wildman–Crippen MR) is 76.9 cm³/mol. The Balaban J connectivity index is 2.46. The summed E-state index contributed by atoms with van der Waals surface area (Å²) >= 11 is 1.86. The minimum atomic E-state index is 0.500. The van der Waals surface area contributed by atoms with E-state index in [1.165, 1.54) is 5.56 Å². The summed E-state index contributed by atoms with van der Waals surface area (Å²) in [5, 5.41) is 3.42. The molecule has 0 aliphatic rings. The van der Waals surface area contributed by atoms with E-state index in [1.807, 2.05) is 17.8 Å². The highest BCUT2D eigenvalue weighted by Crippen LogP contribution is 2.18. The number of benzene rings is 1. The molecule has 0 aromatic heterocycles. The van der Waals surface area contributed by atoms with Gasteiger partial charge < -0.3 is 10.1 Å². The summed E-state index contributed by atoms with van der Waals surface area (Å²) in [5.41, 5.74) is 1.24. The molecule has 0 spiro atoms. The van der Waals surface area contributed by atoms with Crippen molar-refractivity contribution in [3.63, 3.8) is 0 Å². The minimum Gasteiger partial charge on any atom is -0.493 e. The number of thioether (sulfide) groups is 1. The van der Waals surface area contributed by atoms with Gasteiger partial charge in [-0.2, -0.15) is 11.8 Å². The fraction of sp³-hybridized carbons (Fsp3) is 0.571. The second kappa shape index (κ2) is 8.43. The van der Waals surface area contributed by atoms with E-state index >= 15 is 0 Å². The summed E-state index contributed by atoms with van der Waals surface area (Å²) in [6, 6.07) is 8.77. The third-order valence-corrected chi connectivity index (χ3v) is 3.12. The number of ether oxygens (including phenoxy) is 1. The van der Waals surface area contributed by atoms with Gasteiger partial charge in [-0.15, -0.1) is 0 Å². The second-order valence-corrected chi connectivity index (χ2v) is 5.32. The van der Waals surface area contributed by atoms with Crippen molar-refractivity contribution < 1.29 is 4.74 Å². The van der Waals surface area contributed by atoms with E-state index in [-0.39, 0.29) is 0 Å². The number of hydrogen-bond donors (Lipinski definition) is 1. The van der Waals surface area contributed by atoms with Crippen molar-refractivity contribution in [2.24, 2.45) is 0 Å². The molecule has 2 nitrogen and oxygen atoms in total. The van der Waals surface area contributed by atoms with Gasteiger partial charge in [0.05, 0.1) is 6.61 Å². The van der Waals surface area contributed by atoms with Crippen LogP contribution in [0, 0.1) is 0 Å². The Kier molecular flexibility index (Phi) is 7.13. The highest BCUT2D eigenvalue weighted by Gasteiger charge is 2.03.